The SMILES string of the molecule is O=C(NCCc1ccc(F)cc1)c1cc(C2CC2)on1. The van der Waals surface area contributed by atoms with Gasteiger partial charge >= 0.3 is 0 Å². The highest BCUT2D eigenvalue weighted by Gasteiger charge is 2.28. The fourth-order valence-electron chi connectivity index (χ4n) is 2.02. The van der Waals surface area contributed by atoms with Gasteiger partial charge < -0.3 is 9.84 Å². The number of carbonyl (C=O) groups is 1. The standard InChI is InChI=1S/C15H15FN2O2/c16-12-5-1-10(2-6-12)7-8-17-15(19)13-9-14(20-18-13)11-3-4-11/h1-2,5-6,9,11H,3-4,7-8H2,(H,17,19). The minimum absolute atomic E-state index is 0.234. The second kappa shape index (κ2) is 5.45. The van der Waals surface area contributed by atoms with Crippen LogP contribution in [0.1, 0.15) is 40.6 Å². The van der Waals surface area contributed by atoms with E-state index in [1.54, 1.807) is 18.2 Å². The fourth-order valence-corrected chi connectivity index (χ4v) is 2.02. The zero-order valence-corrected chi connectivity index (χ0v) is 10.9. The number of hydrogen-bond donors (Lipinski definition) is 1. The number of amides is 1. The van der Waals surface area contributed by atoms with Gasteiger partial charge in [0, 0.05) is 18.5 Å². The first kappa shape index (κ1) is 12.8. The highest BCUT2D eigenvalue weighted by molar-refractivity contribution is 5.92. The lowest BCUT2D eigenvalue weighted by Gasteiger charge is -2.03. The maximum Gasteiger partial charge on any atom is 0.273 e. The van der Waals surface area contributed by atoms with E-state index in [-0.39, 0.29) is 11.7 Å². The Kier molecular flexibility index (Phi) is 3.50. The second-order valence-corrected chi connectivity index (χ2v) is 5.02. The number of benzene rings is 1. The third-order valence-corrected chi connectivity index (χ3v) is 3.35. The van der Waals surface area contributed by atoms with Gasteiger partial charge in [-0.25, -0.2) is 4.39 Å². The number of halogens is 1. The molecule has 20 heavy (non-hydrogen) atoms. The van der Waals surface area contributed by atoms with Gasteiger partial charge in [0.25, 0.3) is 5.91 Å². The van der Waals surface area contributed by atoms with Crippen LogP contribution in [0.15, 0.2) is 34.9 Å². The number of carbonyl (C=O) groups excluding carboxylic acids is 1. The summed E-state index contributed by atoms with van der Waals surface area (Å²) in [5.41, 5.74) is 1.30. The molecule has 1 fully saturated rings. The van der Waals surface area contributed by atoms with Crippen LogP contribution in [0.4, 0.5) is 4.39 Å². The third kappa shape index (κ3) is 3.04. The van der Waals surface area contributed by atoms with Crippen LogP contribution in [0.2, 0.25) is 0 Å². The molecule has 1 saturated carbocycles. The molecule has 1 aromatic heterocycles. The minimum atomic E-state index is -0.256. The summed E-state index contributed by atoms with van der Waals surface area (Å²) < 4.78 is 17.9. The summed E-state index contributed by atoms with van der Waals surface area (Å²) in [6.45, 7) is 0.482. The first-order valence-electron chi connectivity index (χ1n) is 6.71. The Morgan fingerprint density at radius 1 is 1.35 bits per heavy atom. The maximum atomic E-state index is 12.7. The molecule has 0 atom stereocenters. The van der Waals surface area contributed by atoms with Crippen LogP contribution < -0.4 is 5.32 Å². The van der Waals surface area contributed by atoms with Crippen molar-refractivity contribution in [3.05, 3.63) is 53.2 Å². The second-order valence-electron chi connectivity index (χ2n) is 5.02. The molecule has 0 saturated heterocycles. The van der Waals surface area contributed by atoms with Crippen molar-refractivity contribution in [2.75, 3.05) is 6.54 Å². The van der Waals surface area contributed by atoms with Gasteiger partial charge in [0.2, 0.25) is 0 Å². The van der Waals surface area contributed by atoms with Gasteiger partial charge in [0.05, 0.1) is 0 Å². The first-order chi connectivity index (χ1) is 9.72. The van der Waals surface area contributed by atoms with Crippen LogP contribution in [0.25, 0.3) is 0 Å². The topological polar surface area (TPSA) is 55.1 Å². The number of nitrogens with zero attached hydrogens (tertiary/aromatic N) is 1. The van der Waals surface area contributed by atoms with Gasteiger partial charge in [-0.2, -0.15) is 0 Å². The molecule has 0 bridgehead atoms. The average molecular weight is 274 g/mol. The van der Waals surface area contributed by atoms with E-state index in [2.05, 4.69) is 10.5 Å². The molecule has 1 aliphatic rings. The van der Waals surface area contributed by atoms with Crippen molar-refractivity contribution in [3.8, 4) is 0 Å². The number of hydrogen-bond acceptors (Lipinski definition) is 3. The van der Waals surface area contributed by atoms with Gasteiger partial charge in [0.1, 0.15) is 11.6 Å². The Bertz CT molecular complexity index is 603. The summed E-state index contributed by atoms with van der Waals surface area (Å²) in [5.74, 6) is 0.757. The lowest BCUT2D eigenvalue weighted by atomic mass is 10.1. The third-order valence-electron chi connectivity index (χ3n) is 3.35. The Hall–Kier alpha value is -2.17. The maximum absolute atomic E-state index is 12.7. The summed E-state index contributed by atoms with van der Waals surface area (Å²) >= 11 is 0. The van der Waals surface area contributed by atoms with Crippen molar-refractivity contribution in [1.29, 1.82) is 0 Å². The van der Waals surface area contributed by atoms with E-state index >= 15 is 0 Å². The van der Waals surface area contributed by atoms with E-state index in [1.807, 2.05) is 0 Å². The van der Waals surface area contributed by atoms with E-state index in [0.29, 0.717) is 24.6 Å². The molecule has 1 aromatic carbocycles. The van der Waals surface area contributed by atoms with E-state index < -0.39 is 0 Å². The lowest BCUT2D eigenvalue weighted by Crippen LogP contribution is -2.25. The van der Waals surface area contributed by atoms with Gasteiger partial charge in [-0.1, -0.05) is 17.3 Å². The summed E-state index contributed by atoms with van der Waals surface area (Å²) in [6.07, 6.45) is 2.88. The van der Waals surface area contributed by atoms with E-state index in [4.69, 9.17) is 4.52 Å². The molecule has 1 aliphatic carbocycles. The largest absolute Gasteiger partial charge is 0.360 e. The van der Waals surface area contributed by atoms with Crippen LogP contribution in [0.3, 0.4) is 0 Å². The summed E-state index contributed by atoms with van der Waals surface area (Å²) in [7, 11) is 0. The Labute approximate surface area is 116 Å². The minimum Gasteiger partial charge on any atom is -0.360 e. The van der Waals surface area contributed by atoms with E-state index in [0.717, 1.165) is 24.2 Å². The number of nitrogens with one attached hydrogen (secondary N) is 1. The van der Waals surface area contributed by atoms with Crippen molar-refractivity contribution in [1.82, 2.24) is 10.5 Å². The number of rotatable bonds is 5. The molecule has 3 rings (SSSR count). The van der Waals surface area contributed by atoms with Gasteiger partial charge in [-0.15, -0.1) is 0 Å². The van der Waals surface area contributed by atoms with E-state index in [1.165, 1.54) is 12.1 Å². The van der Waals surface area contributed by atoms with Crippen molar-refractivity contribution >= 4 is 5.91 Å². The van der Waals surface area contributed by atoms with Crippen LogP contribution >= 0.6 is 0 Å². The lowest BCUT2D eigenvalue weighted by molar-refractivity contribution is 0.0945. The first-order valence-corrected chi connectivity index (χ1v) is 6.71. The highest BCUT2D eigenvalue weighted by atomic mass is 19.1. The molecule has 1 heterocycles. The summed E-state index contributed by atoms with van der Waals surface area (Å²) in [6, 6.07) is 7.96. The molecule has 104 valence electrons. The molecule has 1 N–H and O–H groups in total. The van der Waals surface area contributed by atoms with Gasteiger partial charge in [-0.05, 0) is 37.0 Å². The zero-order valence-electron chi connectivity index (χ0n) is 10.9. The molecule has 1 amide bonds. The smallest absolute Gasteiger partial charge is 0.273 e. The molecular weight excluding hydrogens is 259 g/mol. The predicted molar refractivity (Wildman–Crippen MR) is 70.9 cm³/mol. The molecule has 0 unspecified atom stereocenters. The van der Waals surface area contributed by atoms with Gasteiger partial charge in [-0.3, -0.25) is 4.79 Å². The van der Waals surface area contributed by atoms with Crippen molar-refractivity contribution in [3.63, 3.8) is 0 Å². The highest BCUT2D eigenvalue weighted by Crippen LogP contribution is 2.40. The van der Waals surface area contributed by atoms with Gasteiger partial charge in [0.15, 0.2) is 5.69 Å². The summed E-state index contributed by atoms with van der Waals surface area (Å²) in [4.78, 5) is 11.9. The zero-order chi connectivity index (χ0) is 13.9. The van der Waals surface area contributed by atoms with Crippen molar-refractivity contribution < 1.29 is 13.7 Å². The molecule has 0 radical (unpaired) electrons. The Morgan fingerprint density at radius 2 is 2.10 bits per heavy atom. The van der Waals surface area contributed by atoms with Crippen LogP contribution in [0, 0.1) is 5.82 Å². The molecule has 5 heteroatoms. The van der Waals surface area contributed by atoms with E-state index in [9.17, 15) is 9.18 Å². The van der Waals surface area contributed by atoms with Crippen LogP contribution in [-0.2, 0) is 6.42 Å². The monoisotopic (exact) mass is 274 g/mol. The Balaban J connectivity index is 1.49. The average Bonchev–Trinajstić information content (AvgIpc) is 3.18. The summed E-state index contributed by atoms with van der Waals surface area (Å²) in [5, 5.41) is 6.56. The molecule has 0 aliphatic heterocycles. The van der Waals surface area contributed by atoms with Crippen LogP contribution in [-0.4, -0.2) is 17.6 Å². The molecule has 0 spiro atoms. The molecule has 4 nitrogen and oxygen atoms in total. The predicted octanol–water partition coefficient (Wildman–Crippen LogP) is 2.66. The Morgan fingerprint density at radius 3 is 2.80 bits per heavy atom. The number of aromatic nitrogens is 1. The fraction of sp³-hybridized carbons (Fsp3) is 0.333. The molecule has 2 aromatic rings. The van der Waals surface area contributed by atoms with Crippen molar-refractivity contribution in [2.45, 2.75) is 25.2 Å². The van der Waals surface area contributed by atoms with Crippen LogP contribution in [0.5, 0.6) is 0 Å². The molecular formula is C15H15FN2O2. The van der Waals surface area contributed by atoms with Crippen molar-refractivity contribution in [2.24, 2.45) is 0 Å². The normalized spacial score (nSPS) is 14.2. The quantitative estimate of drug-likeness (QED) is 0.912.